The molecule has 154 valence electrons. The first-order chi connectivity index (χ1) is 14.0. The Labute approximate surface area is 170 Å². The zero-order valence-electron chi connectivity index (χ0n) is 16.6. The number of benzene rings is 1. The van der Waals surface area contributed by atoms with Gasteiger partial charge in [0.25, 0.3) is 5.91 Å². The van der Waals surface area contributed by atoms with Gasteiger partial charge in [-0.25, -0.2) is 0 Å². The molecule has 3 amide bonds. The van der Waals surface area contributed by atoms with Crippen LogP contribution in [0.3, 0.4) is 0 Å². The first-order valence-corrected chi connectivity index (χ1v) is 10.8. The third-order valence-corrected chi connectivity index (χ3v) is 7.14. The molecule has 3 fully saturated rings. The molecular formula is C22H28N4O3. The maximum Gasteiger partial charge on any atom is 0.255 e. The summed E-state index contributed by atoms with van der Waals surface area (Å²) in [5.74, 6) is -0.719. The van der Waals surface area contributed by atoms with Crippen LogP contribution in [0.5, 0.6) is 0 Å². The highest BCUT2D eigenvalue weighted by Crippen LogP contribution is 2.40. The van der Waals surface area contributed by atoms with Gasteiger partial charge in [-0.3, -0.25) is 19.7 Å². The number of fused-ring (bicyclic) bond motifs is 1. The van der Waals surface area contributed by atoms with E-state index in [0.717, 1.165) is 23.2 Å². The molecule has 2 saturated heterocycles. The molecular weight excluding hydrogens is 368 g/mol. The van der Waals surface area contributed by atoms with Gasteiger partial charge in [0.1, 0.15) is 6.04 Å². The predicted octanol–water partition coefficient (Wildman–Crippen LogP) is 1.21. The minimum atomic E-state index is -0.560. The SMILES string of the molecule is O=C1CCC(N2Cc3cccc(CNCC4CCC5(CCC5)N4)c3C2=O)C(=O)N1. The van der Waals surface area contributed by atoms with Crippen LogP contribution >= 0.6 is 0 Å². The molecule has 3 N–H and O–H groups in total. The largest absolute Gasteiger partial charge is 0.322 e. The van der Waals surface area contributed by atoms with Crippen molar-refractivity contribution in [3.8, 4) is 0 Å². The van der Waals surface area contributed by atoms with Crippen LogP contribution in [0.25, 0.3) is 0 Å². The summed E-state index contributed by atoms with van der Waals surface area (Å²) >= 11 is 0. The molecule has 5 rings (SSSR count). The number of imide groups is 1. The van der Waals surface area contributed by atoms with Crippen molar-refractivity contribution < 1.29 is 14.4 Å². The van der Waals surface area contributed by atoms with Crippen molar-refractivity contribution in [1.82, 2.24) is 20.9 Å². The second-order valence-electron chi connectivity index (χ2n) is 9.00. The van der Waals surface area contributed by atoms with E-state index in [1.165, 1.54) is 32.1 Å². The molecule has 1 aromatic carbocycles. The van der Waals surface area contributed by atoms with E-state index in [9.17, 15) is 14.4 Å². The lowest BCUT2D eigenvalue weighted by Gasteiger charge is -2.39. The molecule has 1 aliphatic carbocycles. The molecule has 1 spiro atoms. The van der Waals surface area contributed by atoms with Gasteiger partial charge in [-0.1, -0.05) is 18.2 Å². The van der Waals surface area contributed by atoms with Crippen LogP contribution in [0.2, 0.25) is 0 Å². The second kappa shape index (κ2) is 7.22. The van der Waals surface area contributed by atoms with Crippen LogP contribution in [0, 0.1) is 0 Å². The Morgan fingerprint density at radius 2 is 2.00 bits per heavy atom. The van der Waals surface area contributed by atoms with E-state index in [2.05, 4.69) is 16.0 Å². The fourth-order valence-corrected chi connectivity index (χ4v) is 5.40. The summed E-state index contributed by atoms with van der Waals surface area (Å²) < 4.78 is 0. The van der Waals surface area contributed by atoms with Crippen LogP contribution < -0.4 is 16.0 Å². The van der Waals surface area contributed by atoms with Gasteiger partial charge in [-0.15, -0.1) is 0 Å². The predicted molar refractivity (Wildman–Crippen MR) is 107 cm³/mol. The number of nitrogens with zero attached hydrogens (tertiary/aromatic N) is 1. The maximum absolute atomic E-state index is 13.1. The van der Waals surface area contributed by atoms with E-state index in [4.69, 9.17) is 0 Å². The maximum atomic E-state index is 13.1. The van der Waals surface area contributed by atoms with Gasteiger partial charge in [0, 0.05) is 43.2 Å². The molecule has 1 aromatic rings. The molecule has 2 atom stereocenters. The van der Waals surface area contributed by atoms with Crippen molar-refractivity contribution in [2.75, 3.05) is 6.54 Å². The molecule has 7 nitrogen and oxygen atoms in total. The Kier molecular flexibility index (Phi) is 4.67. The Morgan fingerprint density at radius 1 is 1.14 bits per heavy atom. The van der Waals surface area contributed by atoms with Crippen LogP contribution in [-0.2, 0) is 22.7 Å². The quantitative estimate of drug-likeness (QED) is 0.651. The fraction of sp³-hybridized carbons (Fsp3) is 0.591. The highest BCUT2D eigenvalue weighted by atomic mass is 16.2. The summed E-state index contributed by atoms with van der Waals surface area (Å²) in [5.41, 5.74) is 3.09. The summed E-state index contributed by atoms with van der Waals surface area (Å²) in [6, 6.07) is 5.88. The molecule has 0 bridgehead atoms. The molecule has 1 saturated carbocycles. The van der Waals surface area contributed by atoms with Gasteiger partial charge in [0.05, 0.1) is 0 Å². The van der Waals surface area contributed by atoms with E-state index >= 15 is 0 Å². The molecule has 3 aliphatic heterocycles. The molecule has 29 heavy (non-hydrogen) atoms. The molecule has 0 aromatic heterocycles. The third-order valence-electron chi connectivity index (χ3n) is 7.14. The lowest BCUT2D eigenvalue weighted by Crippen LogP contribution is -2.52. The number of hydrogen-bond acceptors (Lipinski definition) is 5. The van der Waals surface area contributed by atoms with E-state index in [1.54, 1.807) is 4.90 Å². The number of hydrogen-bond donors (Lipinski definition) is 3. The Bertz CT molecular complexity index is 864. The Hall–Kier alpha value is -2.25. The van der Waals surface area contributed by atoms with Gasteiger partial charge < -0.3 is 15.5 Å². The van der Waals surface area contributed by atoms with Crippen LogP contribution in [0.4, 0.5) is 0 Å². The monoisotopic (exact) mass is 396 g/mol. The lowest BCUT2D eigenvalue weighted by atomic mass is 9.76. The van der Waals surface area contributed by atoms with Gasteiger partial charge in [0.15, 0.2) is 0 Å². The average Bonchev–Trinajstić information content (AvgIpc) is 3.25. The van der Waals surface area contributed by atoms with Crippen LogP contribution in [0.15, 0.2) is 18.2 Å². The summed E-state index contributed by atoms with van der Waals surface area (Å²) in [6.45, 7) is 1.97. The molecule has 4 aliphatic rings. The molecule has 0 radical (unpaired) electrons. The number of rotatable bonds is 5. The van der Waals surface area contributed by atoms with Crippen LogP contribution in [-0.4, -0.2) is 46.8 Å². The van der Waals surface area contributed by atoms with Crippen molar-refractivity contribution in [2.24, 2.45) is 0 Å². The summed E-state index contributed by atoms with van der Waals surface area (Å²) in [6.07, 6.45) is 7.12. The first kappa shape index (κ1) is 18.8. The lowest BCUT2D eigenvalue weighted by molar-refractivity contribution is -0.136. The Balaban J connectivity index is 1.23. The molecule has 2 unspecified atom stereocenters. The minimum Gasteiger partial charge on any atom is -0.322 e. The normalized spacial score (nSPS) is 27.9. The van der Waals surface area contributed by atoms with E-state index in [-0.39, 0.29) is 24.1 Å². The summed E-state index contributed by atoms with van der Waals surface area (Å²) in [5, 5.41) is 9.69. The number of nitrogens with one attached hydrogen (secondary N) is 3. The van der Waals surface area contributed by atoms with Crippen molar-refractivity contribution in [1.29, 1.82) is 0 Å². The highest BCUT2D eigenvalue weighted by molar-refractivity contribution is 6.05. The fourth-order valence-electron chi connectivity index (χ4n) is 5.40. The van der Waals surface area contributed by atoms with Gasteiger partial charge >= 0.3 is 0 Å². The topological polar surface area (TPSA) is 90.5 Å². The number of carbonyl (C=O) groups is 3. The summed E-state index contributed by atoms with van der Waals surface area (Å²) in [4.78, 5) is 38.4. The molecule has 7 heteroatoms. The van der Waals surface area contributed by atoms with Crippen molar-refractivity contribution in [3.63, 3.8) is 0 Å². The zero-order chi connectivity index (χ0) is 20.0. The van der Waals surface area contributed by atoms with Crippen molar-refractivity contribution in [2.45, 2.75) is 75.7 Å². The van der Waals surface area contributed by atoms with Gasteiger partial charge in [-0.2, -0.15) is 0 Å². The third kappa shape index (κ3) is 3.36. The first-order valence-electron chi connectivity index (χ1n) is 10.8. The number of carbonyl (C=O) groups excluding carboxylic acids is 3. The van der Waals surface area contributed by atoms with E-state index in [0.29, 0.717) is 31.1 Å². The van der Waals surface area contributed by atoms with Crippen LogP contribution in [0.1, 0.15) is 66.4 Å². The van der Waals surface area contributed by atoms with Crippen molar-refractivity contribution in [3.05, 3.63) is 34.9 Å². The van der Waals surface area contributed by atoms with E-state index in [1.807, 2.05) is 18.2 Å². The van der Waals surface area contributed by atoms with Gasteiger partial charge in [-0.05, 0) is 49.7 Å². The average molecular weight is 396 g/mol. The second-order valence-corrected chi connectivity index (χ2v) is 9.00. The number of amides is 3. The van der Waals surface area contributed by atoms with Crippen molar-refractivity contribution >= 4 is 17.7 Å². The van der Waals surface area contributed by atoms with Gasteiger partial charge in [0.2, 0.25) is 11.8 Å². The smallest absolute Gasteiger partial charge is 0.255 e. The zero-order valence-corrected chi connectivity index (χ0v) is 16.6. The summed E-state index contributed by atoms with van der Waals surface area (Å²) in [7, 11) is 0. The molecule has 3 heterocycles. The minimum absolute atomic E-state index is 0.0979. The van der Waals surface area contributed by atoms with E-state index < -0.39 is 6.04 Å². The highest BCUT2D eigenvalue weighted by Gasteiger charge is 2.43. The number of piperidine rings is 1. The Morgan fingerprint density at radius 3 is 2.72 bits per heavy atom. The standard InChI is InChI=1S/C22H28N4O3/c27-18-6-5-17(20(28)24-18)26-13-15-4-1-3-14(19(15)21(26)29)11-23-12-16-7-10-22(25-16)8-2-9-22/h1,3-4,16-17,23,25H,2,5-13H2,(H,24,27,28).